The average Bonchev–Trinajstić information content (AvgIpc) is 2.69. The van der Waals surface area contributed by atoms with Crippen molar-refractivity contribution in [1.29, 1.82) is 0 Å². The van der Waals surface area contributed by atoms with Crippen molar-refractivity contribution in [3.05, 3.63) is 34.4 Å². The summed E-state index contributed by atoms with van der Waals surface area (Å²) in [7, 11) is 0. The van der Waals surface area contributed by atoms with E-state index in [2.05, 4.69) is 15.9 Å². The highest BCUT2D eigenvalue weighted by Crippen LogP contribution is 2.39. The first-order valence-electron chi connectivity index (χ1n) is 5.43. The van der Waals surface area contributed by atoms with Crippen molar-refractivity contribution >= 4 is 27.5 Å². The highest BCUT2D eigenvalue weighted by molar-refractivity contribution is 9.09. The Labute approximate surface area is 112 Å². The van der Waals surface area contributed by atoms with E-state index < -0.39 is 11.6 Å². The largest absolute Gasteiger partial charge is 0.374 e. The molecule has 0 bridgehead atoms. The zero-order chi connectivity index (χ0) is 12.6. The van der Waals surface area contributed by atoms with E-state index in [0.29, 0.717) is 5.56 Å². The number of benzene rings is 1. The third kappa shape index (κ3) is 2.80. The molecule has 1 aromatic carbocycles. The first kappa shape index (κ1) is 13.2. The first-order valence-corrected chi connectivity index (χ1v) is 6.72. The van der Waals surface area contributed by atoms with Gasteiger partial charge in [0.1, 0.15) is 0 Å². The van der Waals surface area contributed by atoms with Gasteiger partial charge >= 0.3 is 0 Å². The first-order chi connectivity index (χ1) is 7.99. The molecule has 1 heterocycles. The topological polar surface area (TPSA) is 9.23 Å². The van der Waals surface area contributed by atoms with Crippen LogP contribution in [0.3, 0.4) is 0 Å². The maximum Gasteiger partial charge on any atom is 0.160 e. The maximum atomic E-state index is 13.2. The molecule has 0 aromatic heterocycles. The van der Waals surface area contributed by atoms with Crippen molar-refractivity contribution in [2.75, 3.05) is 0 Å². The molecule has 0 saturated carbocycles. The Hall–Kier alpha value is -0.190. The second kappa shape index (κ2) is 5.21. The molecule has 1 saturated heterocycles. The van der Waals surface area contributed by atoms with E-state index in [1.807, 2.05) is 6.92 Å². The minimum Gasteiger partial charge on any atom is -0.374 e. The molecule has 1 nitrogen and oxygen atoms in total. The number of rotatable bonds is 2. The van der Waals surface area contributed by atoms with Gasteiger partial charge < -0.3 is 4.74 Å². The van der Waals surface area contributed by atoms with Crippen molar-refractivity contribution in [3.63, 3.8) is 0 Å². The van der Waals surface area contributed by atoms with Crippen LogP contribution in [0.2, 0.25) is 5.02 Å². The lowest BCUT2D eigenvalue weighted by Gasteiger charge is -2.19. The van der Waals surface area contributed by atoms with Crippen LogP contribution in [-0.4, -0.2) is 12.2 Å². The Bertz CT molecular complexity index is 427. The number of halogens is 4. The summed E-state index contributed by atoms with van der Waals surface area (Å²) in [6, 6.07) is 2.13. The molecule has 1 aromatic rings. The minimum absolute atomic E-state index is 0.0487. The number of hydrogen-bond acceptors (Lipinski definition) is 1. The fourth-order valence-corrected chi connectivity index (χ4v) is 3.17. The summed E-state index contributed by atoms with van der Waals surface area (Å²) in [5.41, 5.74) is 0.532. The van der Waals surface area contributed by atoms with Gasteiger partial charge in [0.05, 0.1) is 17.0 Å². The smallest absolute Gasteiger partial charge is 0.160 e. The van der Waals surface area contributed by atoms with E-state index in [4.69, 9.17) is 16.3 Å². The van der Waals surface area contributed by atoms with Crippen LogP contribution < -0.4 is 0 Å². The summed E-state index contributed by atoms with van der Waals surface area (Å²) in [6.07, 6.45) is 2.00. The van der Waals surface area contributed by atoms with Crippen LogP contribution in [0.1, 0.15) is 30.2 Å². The zero-order valence-corrected chi connectivity index (χ0v) is 11.6. The molecule has 0 aliphatic carbocycles. The summed E-state index contributed by atoms with van der Waals surface area (Å²) in [4.78, 5) is -0.213. The third-order valence-electron chi connectivity index (χ3n) is 2.93. The lowest BCUT2D eigenvalue weighted by atomic mass is 10.0. The van der Waals surface area contributed by atoms with Crippen LogP contribution in [0.5, 0.6) is 0 Å². The van der Waals surface area contributed by atoms with Crippen molar-refractivity contribution in [3.8, 4) is 0 Å². The second-order valence-corrected chi connectivity index (χ2v) is 5.65. The van der Waals surface area contributed by atoms with Gasteiger partial charge in [0.25, 0.3) is 0 Å². The lowest BCUT2D eigenvalue weighted by molar-refractivity contribution is 0.0556. The fraction of sp³-hybridized carbons (Fsp3) is 0.500. The quantitative estimate of drug-likeness (QED) is 0.569. The number of hydrogen-bond donors (Lipinski definition) is 0. The van der Waals surface area contributed by atoms with Gasteiger partial charge in [-0.1, -0.05) is 27.5 Å². The standard InChI is InChI=1S/C12H12BrClF2O/c1-6-2-3-11(17-6)12(13)7-4-9(15)10(16)5-8(7)14/h4-6,11-12H,2-3H2,1H3. The summed E-state index contributed by atoms with van der Waals surface area (Å²) < 4.78 is 31.8. The van der Waals surface area contributed by atoms with Crippen LogP contribution in [0.4, 0.5) is 8.78 Å². The molecule has 0 radical (unpaired) electrons. The molecule has 0 amide bonds. The van der Waals surface area contributed by atoms with Crippen molar-refractivity contribution in [2.45, 2.75) is 36.8 Å². The number of ether oxygens (including phenoxy) is 1. The Balaban J connectivity index is 2.24. The molecular formula is C12H12BrClF2O. The predicted octanol–water partition coefficient (Wildman–Crippen LogP) is 4.62. The van der Waals surface area contributed by atoms with Gasteiger partial charge in [-0.15, -0.1) is 0 Å². The highest BCUT2D eigenvalue weighted by atomic mass is 79.9. The maximum absolute atomic E-state index is 13.2. The normalized spacial score (nSPS) is 26.2. The van der Waals surface area contributed by atoms with E-state index in [1.54, 1.807) is 0 Å². The molecule has 2 rings (SSSR count). The average molecular weight is 326 g/mol. The van der Waals surface area contributed by atoms with Gasteiger partial charge in [-0.2, -0.15) is 0 Å². The van der Waals surface area contributed by atoms with E-state index in [1.165, 1.54) is 0 Å². The molecule has 3 unspecified atom stereocenters. The lowest BCUT2D eigenvalue weighted by Crippen LogP contribution is -2.15. The van der Waals surface area contributed by atoms with E-state index in [0.717, 1.165) is 25.0 Å². The Kier molecular flexibility index (Phi) is 4.06. The van der Waals surface area contributed by atoms with Gasteiger partial charge in [-0.25, -0.2) is 8.78 Å². The van der Waals surface area contributed by atoms with E-state index in [9.17, 15) is 8.78 Å². The van der Waals surface area contributed by atoms with Crippen LogP contribution in [0.15, 0.2) is 12.1 Å². The monoisotopic (exact) mass is 324 g/mol. The molecule has 3 atom stereocenters. The van der Waals surface area contributed by atoms with Gasteiger partial charge in [0.2, 0.25) is 0 Å². The molecule has 94 valence electrons. The fourth-order valence-electron chi connectivity index (χ4n) is 2.00. The Morgan fingerprint density at radius 1 is 1.35 bits per heavy atom. The summed E-state index contributed by atoms with van der Waals surface area (Å²) in [5.74, 6) is -1.82. The predicted molar refractivity (Wildman–Crippen MR) is 66.6 cm³/mol. The molecule has 0 N–H and O–H groups in total. The van der Waals surface area contributed by atoms with E-state index in [-0.39, 0.29) is 22.1 Å². The van der Waals surface area contributed by atoms with Gasteiger partial charge in [0.15, 0.2) is 11.6 Å². The van der Waals surface area contributed by atoms with Crippen LogP contribution in [0.25, 0.3) is 0 Å². The van der Waals surface area contributed by atoms with Crippen LogP contribution in [-0.2, 0) is 4.74 Å². The number of alkyl halides is 1. The van der Waals surface area contributed by atoms with Crippen LogP contribution >= 0.6 is 27.5 Å². The molecule has 1 fully saturated rings. The van der Waals surface area contributed by atoms with Crippen LogP contribution in [0, 0.1) is 11.6 Å². The molecule has 5 heteroatoms. The highest BCUT2D eigenvalue weighted by Gasteiger charge is 2.30. The van der Waals surface area contributed by atoms with Crippen molar-refractivity contribution in [1.82, 2.24) is 0 Å². The molecule has 1 aliphatic rings. The SMILES string of the molecule is CC1CCC(C(Br)c2cc(F)c(F)cc2Cl)O1. The zero-order valence-electron chi connectivity index (χ0n) is 9.22. The Morgan fingerprint density at radius 3 is 2.59 bits per heavy atom. The molecule has 17 heavy (non-hydrogen) atoms. The minimum atomic E-state index is -0.931. The third-order valence-corrected chi connectivity index (χ3v) is 4.34. The van der Waals surface area contributed by atoms with Crippen molar-refractivity contribution in [2.24, 2.45) is 0 Å². The second-order valence-electron chi connectivity index (χ2n) is 4.25. The van der Waals surface area contributed by atoms with Crippen molar-refractivity contribution < 1.29 is 13.5 Å². The Morgan fingerprint density at radius 2 is 2.00 bits per heavy atom. The molecule has 0 spiro atoms. The summed E-state index contributed by atoms with van der Waals surface area (Å²) in [6.45, 7) is 1.99. The van der Waals surface area contributed by atoms with Gasteiger partial charge in [-0.3, -0.25) is 0 Å². The van der Waals surface area contributed by atoms with Gasteiger partial charge in [0, 0.05) is 5.02 Å². The molecular weight excluding hydrogens is 313 g/mol. The van der Waals surface area contributed by atoms with E-state index >= 15 is 0 Å². The summed E-state index contributed by atoms with van der Waals surface area (Å²) >= 11 is 9.37. The summed E-state index contributed by atoms with van der Waals surface area (Å²) in [5, 5.41) is 0.217. The van der Waals surface area contributed by atoms with Gasteiger partial charge in [-0.05, 0) is 37.5 Å². The molecule has 1 aliphatic heterocycles.